The van der Waals surface area contributed by atoms with Crippen molar-refractivity contribution in [1.29, 1.82) is 0 Å². The first-order valence-corrected chi connectivity index (χ1v) is 8.36. The van der Waals surface area contributed by atoms with Gasteiger partial charge in [0.25, 0.3) is 0 Å². The number of aryl methyl sites for hydroxylation is 1. The quantitative estimate of drug-likeness (QED) is 0.857. The molecule has 26 heavy (non-hydrogen) atoms. The van der Waals surface area contributed by atoms with Gasteiger partial charge in [-0.25, -0.2) is 4.79 Å². The lowest BCUT2D eigenvalue weighted by molar-refractivity contribution is -0.134. The van der Waals surface area contributed by atoms with Crippen LogP contribution in [0.2, 0.25) is 0 Å². The third-order valence-electron chi connectivity index (χ3n) is 4.18. The minimum atomic E-state index is -0.552. The number of nitrogens with one attached hydrogen (secondary N) is 2. The summed E-state index contributed by atoms with van der Waals surface area (Å²) in [5, 5.41) is 5.48. The highest BCUT2D eigenvalue weighted by molar-refractivity contribution is 6.00. The number of nitrogens with zero attached hydrogens (tertiary/aromatic N) is 2. The first-order valence-electron chi connectivity index (χ1n) is 8.36. The molecule has 1 fully saturated rings. The van der Waals surface area contributed by atoms with Crippen LogP contribution in [0.3, 0.4) is 0 Å². The number of amides is 4. The summed E-state index contributed by atoms with van der Waals surface area (Å²) < 4.78 is 0. The maximum absolute atomic E-state index is 12.4. The third-order valence-corrected chi connectivity index (χ3v) is 4.18. The summed E-state index contributed by atoms with van der Waals surface area (Å²) in [6.07, 6.45) is 3.42. The average Bonchev–Trinajstić information content (AvgIpc) is 2.63. The van der Waals surface area contributed by atoms with Gasteiger partial charge in [0.1, 0.15) is 6.54 Å². The van der Waals surface area contributed by atoms with Crippen LogP contribution in [-0.4, -0.2) is 34.3 Å². The smallest absolute Gasteiger partial charge is 0.325 e. The Morgan fingerprint density at radius 2 is 2.15 bits per heavy atom. The molecule has 1 aliphatic rings. The van der Waals surface area contributed by atoms with E-state index in [9.17, 15) is 14.4 Å². The van der Waals surface area contributed by atoms with Gasteiger partial charge in [0.05, 0.1) is 12.5 Å². The topological polar surface area (TPSA) is 91.4 Å². The largest absolute Gasteiger partial charge is 0.350 e. The van der Waals surface area contributed by atoms with Gasteiger partial charge in [-0.05, 0) is 24.1 Å². The lowest BCUT2D eigenvalue weighted by atomic mass is 10.00. The summed E-state index contributed by atoms with van der Waals surface area (Å²) in [7, 11) is 0. The monoisotopic (exact) mass is 352 g/mol. The van der Waals surface area contributed by atoms with E-state index in [2.05, 4.69) is 15.6 Å². The van der Waals surface area contributed by atoms with Crippen LogP contribution in [0.1, 0.15) is 29.2 Å². The van der Waals surface area contributed by atoms with E-state index >= 15 is 0 Å². The van der Waals surface area contributed by atoms with E-state index in [-0.39, 0.29) is 24.9 Å². The normalized spacial score (nSPS) is 17.0. The molecular weight excluding hydrogens is 332 g/mol. The Bertz CT molecular complexity index is 805. The molecule has 2 N–H and O–H groups in total. The lowest BCUT2D eigenvalue weighted by Crippen LogP contribution is -2.54. The summed E-state index contributed by atoms with van der Waals surface area (Å²) >= 11 is 0. The number of urea groups is 1. The summed E-state index contributed by atoms with van der Waals surface area (Å²) in [6, 6.07) is 10.3. The van der Waals surface area contributed by atoms with Crippen LogP contribution in [0.25, 0.3) is 0 Å². The van der Waals surface area contributed by atoms with Crippen LogP contribution < -0.4 is 10.6 Å². The van der Waals surface area contributed by atoms with Crippen LogP contribution in [-0.2, 0) is 16.1 Å². The van der Waals surface area contributed by atoms with E-state index in [1.54, 1.807) is 18.5 Å². The number of pyridine rings is 1. The van der Waals surface area contributed by atoms with E-state index in [4.69, 9.17) is 0 Å². The third kappa shape index (κ3) is 4.24. The molecule has 7 heteroatoms. The fourth-order valence-corrected chi connectivity index (χ4v) is 2.83. The molecule has 0 radical (unpaired) electrons. The number of carbonyl (C=O) groups excluding carboxylic acids is 3. The predicted octanol–water partition coefficient (Wildman–Crippen LogP) is 1.69. The van der Waals surface area contributed by atoms with E-state index in [1.165, 1.54) is 0 Å². The lowest BCUT2D eigenvalue weighted by Gasteiger charge is -2.31. The van der Waals surface area contributed by atoms with E-state index in [1.807, 2.05) is 37.3 Å². The minimum Gasteiger partial charge on any atom is -0.350 e. The maximum Gasteiger partial charge on any atom is 0.325 e. The van der Waals surface area contributed by atoms with Crippen molar-refractivity contribution >= 4 is 17.8 Å². The number of benzene rings is 1. The molecule has 1 unspecified atom stereocenters. The highest BCUT2D eigenvalue weighted by Gasteiger charge is 2.33. The van der Waals surface area contributed by atoms with Crippen molar-refractivity contribution < 1.29 is 14.4 Å². The molecule has 1 saturated heterocycles. The molecule has 0 aliphatic carbocycles. The molecule has 4 amide bonds. The van der Waals surface area contributed by atoms with Gasteiger partial charge in [0.15, 0.2) is 0 Å². The van der Waals surface area contributed by atoms with Crippen molar-refractivity contribution in [1.82, 2.24) is 20.5 Å². The molecule has 1 aromatic heterocycles. The second-order valence-corrected chi connectivity index (χ2v) is 6.24. The van der Waals surface area contributed by atoms with Crippen molar-refractivity contribution in [3.05, 3.63) is 65.5 Å². The zero-order chi connectivity index (χ0) is 18.5. The molecule has 0 bridgehead atoms. The van der Waals surface area contributed by atoms with Gasteiger partial charge in [0.2, 0.25) is 11.8 Å². The Balaban J connectivity index is 1.57. The van der Waals surface area contributed by atoms with E-state index < -0.39 is 11.9 Å². The summed E-state index contributed by atoms with van der Waals surface area (Å²) in [4.78, 5) is 41.6. The van der Waals surface area contributed by atoms with Gasteiger partial charge >= 0.3 is 6.03 Å². The molecule has 134 valence electrons. The number of hydrogen-bond acceptors (Lipinski definition) is 4. The van der Waals surface area contributed by atoms with Crippen LogP contribution in [0.4, 0.5) is 4.79 Å². The highest BCUT2D eigenvalue weighted by atomic mass is 16.2. The molecular formula is C19H20N4O3. The van der Waals surface area contributed by atoms with Gasteiger partial charge in [-0.1, -0.05) is 35.9 Å². The maximum atomic E-state index is 12.4. The molecule has 1 aliphatic heterocycles. The average molecular weight is 352 g/mol. The SMILES string of the molecule is Cc1cccc(C2CC(=O)N(CC(=O)NCc3cccnc3)C(=O)N2)c1. The first kappa shape index (κ1) is 17.6. The van der Waals surface area contributed by atoms with Crippen molar-refractivity contribution in [2.45, 2.75) is 25.9 Å². The van der Waals surface area contributed by atoms with E-state index in [0.717, 1.165) is 21.6 Å². The molecule has 7 nitrogen and oxygen atoms in total. The summed E-state index contributed by atoms with van der Waals surface area (Å²) in [5.74, 6) is -0.761. The Morgan fingerprint density at radius 1 is 1.31 bits per heavy atom. The van der Waals surface area contributed by atoms with Crippen molar-refractivity contribution in [3.63, 3.8) is 0 Å². The minimum absolute atomic E-state index is 0.130. The second kappa shape index (κ2) is 7.77. The van der Waals surface area contributed by atoms with Crippen LogP contribution in [0.15, 0.2) is 48.8 Å². The van der Waals surface area contributed by atoms with Crippen LogP contribution >= 0.6 is 0 Å². The van der Waals surface area contributed by atoms with Gasteiger partial charge < -0.3 is 10.6 Å². The van der Waals surface area contributed by atoms with E-state index in [0.29, 0.717) is 6.54 Å². The fourth-order valence-electron chi connectivity index (χ4n) is 2.83. The van der Waals surface area contributed by atoms with Crippen LogP contribution in [0, 0.1) is 6.92 Å². The molecule has 2 heterocycles. The molecule has 2 aromatic rings. The highest BCUT2D eigenvalue weighted by Crippen LogP contribution is 2.23. The Hall–Kier alpha value is -3.22. The van der Waals surface area contributed by atoms with Gasteiger partial charge in [0, 0.05) is 18.9 Å². The predicted molar refractivity (Wildman–Crippen MR) is 94.9 cm³/mol. The molecule has 1 aromatic carbocycles. The Morgan fingerprint density at radius 3 is 2.85 bits per heavy atom. The number of hydrogen-bond donors (Lipinski definition) is 2. The molecule has 3 rings (SSSR count). The Labute approximate surface area is 151 Å². The van der Waals surface area contributed by atoms with Crippen molar-refractivity contribution in [3.8, 4) is 0 Å². The van der Waals surface area contributed by atoms with Crippen molar-refractivity contribution in [2.24, 2.45) is 0 Å². The fraction of sp³-hybridized carbons (Fsp3) is 0.263. The zero-order valence-electron chi connectivity index (χ0n) is 14.4. The molecule has 0 saturated carbocycles. The molecule has 1 atom stereocenters. The number of rotatable bonds is 5. The standard InChI is InChI=1S/C19H20N4O3/c1-13-4-2-6-15(8-13)16-9-18(25)23(19(26)22-16)12-17(24)21-11-14-5-3-7-20-10-14/h2-8,10,16H,9,11-12H2,1H3,(H,21,24)(H,22,26). The Kier molecular flexibility index (Phi) is 5.26. The van der Waals surface area contributed by atoms with Crippen LogP contribution in [0.5, 0.6) is 0 Å². The summed E-state index contributed by atoms with van der Waals surface area (Å²) in [6.45, 7) is 1.95. The van der Waals surface area contributed by atoms with Gasteiger partial charge in [-0.3, -0.25) is 19.5 Å². The van der Waals surface area contributed by atoms with Gasteiger partial charge in [-0.2, -0.15) is 0 Å². The number of imide groups is 1. The zero-order valence-corrected chi connectivity index (χ0v) is 14.4. The van der Waals surface area contributed by atoms with Crippen molar-refractivity contribution in [2.75, 3.05) is 6.54 Å². The van der Waals surface area contributed by atoms with Gasteiger partial charge in [-0.15, -0.1) is 0 Å². The summed E-state index contributed by atoms with van der Waals surface area (Å²) in [5.41, 5.74) is 2.78. The number of aromatic nitrogens is 1. The second-order valence-electron chi connectivity index (χ2n) is 6.24. The number of carbonyl (C=O) groups is 3. The first-order chi connectivity index (χ1) is 12.5. The molecule has 0 spiro atoms.